The molecule has 108 valence electrons. The SMILES string of the molecule is CC(C)COC(=O)N/N=C1\C[C@H]2CC[C@]1(C)C2(C)C. The summed E-state index contributed by atoms with van der Waals surface area (Å²) in [7, 11) is 0. The maximum Gasteiger partial charge on any atom is 0.427 e. The van der Waals surface area contributed by atoms with E-state index in [4.69, 9.17) is 4.74 Å². The summed E-state index contributed by atoms with van der Waals surface area (Å²) in [6, 6.07) is 0. The minimum Gasteiger partial charge on any atom is -0.448 e. The molecule has 0 saturated heterocycles. The number of ether oxygens (including phenoxy) is 1. The number of carbonyl (C=O) groups is 1. The van der Waals surface area contributed by atoms with Crippen LogP contribution in [0.4, 0.5) is 4.79 Å². The van der Waals surface area contributed by atoms with Crippen LogP contribution < -0.4 is 5.43 Å². The second kappa shape index (κ2) is 4.80. The van der Waals surface area contributed by atoms with Crippen LogP contribution in [0.2, 0.25) is 0 Å². The molecule has 2 aliphatic carbocycles. The molecule has 1 amide bonds. The predicted octanol–water partition coefficient (Wildman–Crippen LogP) is 3.57. The summed E-state index contributed by atoms with van der Waals surface area (Å²) in [5.41, 5.74) is 4.10. The lowest BCUT2D eigenvalue weighted by Gasteiger charge is -2.34. The van der Waals surface area contributed by atoms with Crippen LogP contribution in [0, 0.1) is 22.7 Å². The molecule has 0 unspecified atom stereocenters. The summed E-state index contributed by atoms with van der Waals surface area (Å²) >= 11 is 0. The van der Waals surface area contributed by atoms with Crippen molar-refractivity contribution in [3.8, 4) is 0 Å². The van der Waals surface area contributed by atoms with E-state index >= 15 is 0 Å². The molecule has 2 aliphatic rings. The minimum absolute atomic E-state index is 0.128. The number of nitrogens with one attached hydrogen (secondary N) is 1. The summed E-state index contributed by atoms with van der Waals surface area (Å²) in [6.45, 7) is 11.4. The third-order valence-corrected chi connectivity index (χ3v) is 5.34. The Labute approximate surface area is 116 Å². The lowest BCUT2D eigenvalue weighted by molar-refractivity contribution is 0.133. The molecule has 2 atom stereocenters. The molecule has 2 bridgehead atoms. The number of nitrogens with zero attached hydrogens (tertiary/aromatic N) is 1. The Hall–Kier alpha value is -1.06. The molecular weight excluding hydrogens is 240 g/mol. The van der Waals surface area contributed by atoms with Crippen LogP contribution in [0.5, 0.6) is 0 Å². The van der Waals surface area contributed by atoms with Crippen molar-refractivity contribution in [3.63, 3.8) is 0 Å². The maximum absolute atomic E-state index is 11.5. The van der Waals surface area contributed by atoms with Gasteiger partial charge < -0.3 is 4.74 Å². The molecule has 0 aromatic heterocycles. The van der Waals surface area contributed by atoms with Crippen LogP contribution in [-0.2, 0) is 4.74 Å². The summed E-state index contributed by atoms with van der Waals surface area (Å²) in [5, 5.41) is 4.34. The molecule has 2 rings (SSSR count). The summed E-state index contributed by atoms with van der Waals surface area (Å²) in [4.78, 5) is 11.5. The van der Waals surface area contributed by atoms with Gasteiger partial charge in [0, 0.05) is 11.1 Å². The van der Waals surface area contributed by atoms with E-state index in [-0.39, 0.29) is 10.8 Å². The first-order chi connectivity index (χ1) is 8.77. The van der Waals surface area contributed by atoms with Gasteiger partial charge in [0.1, 0.15) is 0 Å². The van der Waals surface area contributed by atoms with Gasteiger partial charge in [-0.15, -0.1) is 0 Å². The highest BCUT2D eigenvalue weighted by Gasteiger charge is 2.60. The Morgan fingerprint density at radius 2 is 2.16 bits per heavy atom. The average Bonchev–Trinajstić information content (AvgIpc) is 2.66. The van der Waals surface area contributed by atoms with Gasteiger partial charge in [0.05, 0.1) is 6.61 Å². The van der Waals surface area contributed by atoms with Crippen molar-refractivity contribution in [2.45, 2.75) is 53.9 Å². The lowest BCUT2D eigenvalue weighted by atomic mass is 9.70. The number of hydrogen-bond acceptors (Lipinski definition) is 3. The quantitative estimate of drug-likeness (QED) is 0.794. The zero-order valence-corrected chi connectivity index (χ0v) is 12.7. The van der Waals surface area contributed by atoms with Gasteiger partial charge in [-0.2, -0.15) is 5.10 Å². The molecule has 1 N–H and O–H groups in total. The van der Waals surface area contributed by atoms with Gasteiger partial charge in [0.15, 0.2) is 0 Å². The molecule has 2 fully saturated rings. The number of hydrogen-bond donors (Lipinski definition) is 1. The van der Waals surface area contributed by atoms with Crippen LogP contribution in [0.25, 0.3) is 0 Å². The summed E-state index contributed by atoms with van der Waals surface area (Å²) in [6.07, 6.45) is 3.02. The van der Waals surface area contributed by atoms with Crippen molar-refractivity contribution in [3.05, 3.63) is 0 Å². The van der Waals surface area contributed by atoms with Crippen molar-refractivity contribution >= 4 is 11.8 Å². The fraction of sp³-hybridized carbons (Fsp3) is 0.867. The lowest BCUT2D eigenvalue weighted by Crippen LogP contribution is -2.34. The van der Waals surface area contributed by atoms with Crippen LogP contribution >= 0.6 is 0 Å². The van der Waals surface area contributed by atoms with Gasteiger partial charge in [0.2, 0.25) is 0 Å². The molecule has 0 aliphatic heterocycles. The zero-order chi connectivity index (χ0) is 14.3. The predicted molar refractivity (Wildman–Crippen MR) is 76.0 cm³/mol. The standard InChI is InChI=1S/C15H26N2O2/c1-10(2)9-19-13(18)17-16-12-8-11-6-7-15(12,5)14(11,3)4/h10-11H,6-9H2,1-5H3,(H,17,18)/b16-12+/t11-,15+/m1/s1. The normalized spacial score (nSPS) is 34.0. The Morgan fingerprint density at radius 1 is 1.47 bits per heavy atom. The van der Waals surface area contributed by atoms with Crippen LogP contribution in [0.15, 0.2) is 5.10 Å². The van der Waals surface area contributed by atoms with Crippen molar-refractivity contribution < 1.29 is 9.53 Å². The Kier molecular flexibility index (Phi) is 3.63. The first kappa shape index (κ1) is 14.4. The topological polar surface area (TPSA) is 50.7 Å². The third kappa shape index (κ3) is 2.37. The Balaban J connectivity index is 1.97. The van der Waals surface area contributed by atoms with E-state index < -0.39 is 6.09 Å². The fourth-order valence-corrected chi connectivity index (χ4v) is 3.49. The number of rotatable bonds is 3. The van der Waals surface area contributed by atoms with E-state index in [9.17, 15) is 4.79 Å². The summed E-state index contributed by atoms with van der Waals surface area (Å²) in [5.74, 6) is 1.04. The van der Waals surface area contributed by atoms with E-state index in [2.05, 4.69) is 31.3 Å². The molecule has 0 aromatic carbocycles. The molecular formula is C15H26N2O2. The second-order valence-electron chi connectivity index (χ2n) is 7.16. The first-order valence-corrected chi connectivity index (χ1v) is 7.27. The molecule has 2 saturated carbocycles. The summed E-state index contributed by atoms with van der Waals surface area (Å²) < 4.78 is 5.07. The minimum atomic E-state index is -0.439. The molecule has 0 spiro atoms. The fourth-order valence-electron chi connectivity index (χ4n) is 3.49. The monoisotopic (exact) mass is 266 g/mol. The molecule has 19 heavy (non-hydrogen) atoms. The van der Waals surface area contributed by atoms with Crippen molar-refractivity contribution in [2.75, 3.05) is 6.61 Å². The smallest absolute Gasteiger partial charge is 0.427 e. The van der Waals surface area contributed by atoms with Crippen molar-refractivity contribution in [1.82, 2.24) is 5.43 Å². The number of fused-ring (bicyclic) bond motifs is 2. The molecule has 0 radical (unpaired) electrons. The zero-order valence-electron chi connectivity index (χ0n) is 12.7. The van der Waals surface area contributed by atoms with E-state index in [1.54, 1.807) is 0 Å². The largest absolute Gasteiger partial charge is 0.448 e. The molecule has 4 nitrogen and oxygen atoms in total. The highest BCUT2D eigenvalue weighted by molar-refractivity contribution is 5.94. The Bertz CT molecular complexity index is 401. The van der Waals surface area contributed by atoms with E-state index in [0.717, 1.165) is 12.1 Å². The Morgan fingerprint density at radius 3 is 2.63 bits per heavy atom. The van der Waals surface area contributed by atoms with Crippen molar-refractivity contribution in [1.29, 1.82) is 0 Å². The van der Waals surface area contributed by atoms with Crippen LogP contribution in [0.3, 0.4) is 0 Å². The van der Waals surface area contributed by atoms with Gasteiger partial charge in [-0.25, -0.2) is 10.2 Å². The number of amides is 1. The van der Waals surface area contributed by atoms with Gasteiger partial charge in [-0.3, -0.25) is 0 Å². The maximum atomic E-state index is 11.5. The second-order valence-corrected chi connectivity index (χ2v) is 7.16. The third-order valence-electron chi connectivity index (χ3n) is 5.34. The van der Waals surface area contributed by atoms with Gasteiger partial charge in [-0.1, -0.05) is 34.6 Å². The highest BCUT2D eigenvalue weighted by Crippen LogP contribution is 2.63. The first-order valence-electron chi connectivity index (χ1n) is 7.27. The van der Waals surface area contributed by atoms with E-state index in [1.807, 2.05) is 13.8 Å². The van der Waals surface area contributed by atoms with Gasteiger partial charge in [-0.05, 0) is 36.5 Å². The molecule has 0 heterocycles. The molecule has 4 heteroatoms. The average molecular weight is 266 g/mol. The molecule has 0 aromatic rings. The van der Waals surface area contributed by atoms with Gasteiger partial charge >= 0.3 is 6.09 Å². The van der Waals surface area contributed by atoms with E-state index in [0.29, 0.717) is 18.4 Å². The number of hydrazone groups is 1. The number of carbonyl (C=O) groups excluding carboxylic acids is 1. The highest BCUT2D eigenvalue weighted by atomic mass is 16.6. The van der Waals surface area contributed by atoms with Crippen LogP contribution in [-0.4, -0.2) is 18.4 Å². The van der Waals surface area contributed by atoms with E-state index in [1.165, 1.54) is 12.8 Å². The van der Waals surface area contributed by atoms with Crippen molar-refractivity contribution in [2.24, 2.45) is 27.8 Å². The van der Waals surface area contributed by atoms with Gasteiger partial charge in [0.25, 0.3) is 0 Å². The van der Waals surface area contributed by atoms with Crippen LogP contribution in [0.1, 0.15) is 53.9 Å².